The molecule has 0 radical (unpaired) electrons. The zero-order valence-electron chi connectivity index (χ0n) is 18.3. The summed E-state index contributed by atoms with van der Waals surface area (Å²) in [6.45, 7) is 2.99. The Kier molecular flexibility index (Phi) is 7.07. The van der Waals surface area contributed by atoms with Crippen LogP contribution in [0.15, 0.2) is 48.5 Å². The topological polar surface area (TPSA) is 88.8 Å². The van der Waals surface area contributed by atoms with Crippen LogP contribution in [-0.2, 0) is 10.9 Å². The maximum atomic E-state index is 13.0. The van der Waals surface area contributed by atoms with Gasteiger partial charge in [-0.2, -0.15) is 18.4 Å². The lowest BCUT2D eigenvalue weighted by atomic mass is 10.1. The van der Waals surface area contributed by atoms with Crippen LogP contribution in [0.5, 0.6) is 0 Å². The lowest BCUT2D eigenvalue weighted by Crippen LogP contribution is -2.51. The molecule has 10 heteroatoms. The van der Waals surface area contributed by atoms with Crippen molar-refractivity contribution in [3.05, 3.63) is 65.2 Å². The van der Waals surface area contributed by atoms with Crippen molar-refractivity contribution in [3.63, 3.8) is 0 Å². The first-order valence-corrected chi connectivity index (χ1v) is 11.0. The third kappa shape index (κ3) is 5.50. The number of aliphatic hydroxyl groups excluding tert-OH is 1. The molecule has 7 nitrogen and oxygen atoms in total. The molecular formula is C24H25F3N4O3. The Bertz CT molecular complexity index is 1050. The van der Waals surface area contributed by atoms with E-state index in [1.165, 1.54) is 12.1 Å². The third-order valence-electron chi connectivity index (χ3n) is 6.22. The number of nitriles is 1. The highest BCUT2D eigenvalue weighted by Gasteiger charge is 2.38. The van der Waals surface area contributed by atoms with E-state index in [4.69, 9.17) is 10.00 Å². The molecule has 0 aromatic heterocycles. The number of nitrogens with zero attached hydrogens (tertiary/aromatic N) is 3. The molecule has 2 aliphatic rings. The molecule has 34 heavy (non-hydrogen) atoms. The SMILES string of the molecule is N#Cc1ccc(C(=O)N[C@H]2CO[C@@H](CN3CCN(c4cccc(C(F)(F)F)c4)CC3)[C@@H]2O)cc1. The van der Waals surface area contributed by atoms with Crippen molar-refractivity contribution in [2.24, 2.45) is 0 Å². The molecule has 0 saturated carbocycles. The molecule has 0 spiro atoms. The fourth-order valence-corrected chi connectivity index (χ4v) is 4.24. The highest BCUT2D eigenvalue weighted by Crippen LogP contribution is 2.32. The summed E-state index contributed by atoms with van der Waals surface area (Å²) < 4.78 is 44.7. The lowest BCUT2D eigenvalue weighted by molar-refractivity contribution is -0.137. The summed E-state index contributed by atoms with van der Waals surface area (Å²) in [4.78, 5) is 16.5. The summed E-state index contributed by atoms with van der Waals surface area (Å²) in [5, 5.41) is 22.3. The number of anilines is 1. The van der Waals surface area contributed by atoms with Gasteiger partial charge in [-0.05, 0) is 42.5 Å². The van der Waals surface area contributed by atoms with E-state index in [0.717, 1.165) is 6.07 Å². The molecule has 2 aromatic carbocycles. The zero-order valence-corrected chi connectivity index (χ0v) is 18.3. The molecule has 2 aromatic rings. The van der Waals surface area contributed by atoms with Crippen LogP contribution >= 0.6 is 0 Å². The van der Waals surface area contributed by atoms with Gasteiger partial charge in [0.1, 0.15) is 6.10 Å². The van der Waals surface area contributed by atoms with Gasteiger partial charge in [-0.3, -0.25) is 9.69 Å². The van der Waals surface area contributed by atoms with Gasteiger partial charge in [0, 0.05) is 44.0 Å². The standard InChI is InChI=1S/C24H25F3N4O3/c25-24(26,27)18-2-1-3-19(12-18)31-10-8-30(9-11-31)14-21-22(32)20(15-34-21)29-23(33)17-6-4-16(13-28)5-7-17/h1-7,12,20-22,32H,8-11,14-15H2,(H,29,33)/t20-,21-,22+/m0/s1. The summed E-state index contributed by atoms with van der Waals surface area (Å²) >= 11 is 0. The number of ether oxygens (including phenoxy) is 1. The van der Waals surface area contributed by atoms with Gasteiger partial charge in [0.25, 0.3) is 5.91 Å². The molecule has 2 saturated heterocycles. The lowest BCUT2D eigenvalue weighted by Gasteiger charge is -2.37. The Labute approximate surface area is 195 Å². The van der Waals surface area contributed by atoms with Gasteiger partial charge in [-0.1, -0.05) is 6.07 Å². The molecule has 2 N–H and O–H groups in total. The van der Waals surface area contributed by atoms with Crippen LogP contribution in [0.4, 0.5) is 18.9 Å². The van der Waals surface area contributed by atoms with Crippen molar-refractivity contribution in [1.29, 1.82) is 5.26 Å². The summed E-state index contributed by atoms with van der Waals surface area (Å²) in [7, 11) is 0. The number of hydrogen-bond acceptors (Lipinski definition) is 6. The van der Waals surface area contributed by atoms with Gasteiger partial charge in [-0.15, -0.1) is 0 Å². The Balaban J connectivity index is 1.27. The molecule has 0 bridgehead atoms. The van der Waals surface area contributed by atoms with Crippen LogP contribution in [0, 0.1) is 11.3 Å². The number of nitrogens with one attached hydrogen (secondary N) is 1. The van der Waals surface area contributed by atoms with Crippen LogP contribution in [-0.4, -0.2) is 73.5 Å². The second-order valence-corrected chi connectivity index (χ2v) is 8.47. The average Bonchev–Trinajstić information content (AvgIpc) is 3.18. The minimum absolute atomic E-state index is 0.179. The summed E-state index contributed by atoms with van der Waals surface area (Å²) in [6.07, 6.45) is -5.74. The number of hydrogen-bond donors (Lipinski definition) is 2. The monoisotopic (exact) mass is 474 g/mol. The summed E-state index contributed by atoms with van der Waals surface area (Å²) in [5.74, 6) is -0.354. The van der Waals surface area contributed by atoms with Gasteiger partial charge in [-0.25, -0.2) is 0 Å². The van der Waals surface area contributed by atoms with Crippen molar-refractivity contribution in [1.82, 2.24) is 10.2 Å². The number of piperazine rings is 1. The van der Waals surface area contributed by atoms with Crippen molar-refractivity contribution >= 4 is 11.6 Å². The van der Waals surface area contributed by atoms with E-state index in [0.29, 0.717) is 49.5 Å². The number of carbonyl (C=O) groups is 1. The Hall–Kier alpha value is -3.13. The van der Waals surface area contributed by atoms with E-state index in [-0.39, 0.29) is 12.5 Å². The van der Waals surface area contributed by atoms with Gasteiger partial charge >= 0.3 is 6.18 Å². The van der Waals surface area contributed by atoms with Gasteiger partial charge in [0.05, 0.1) is 35.9 Å². The van der Waals surface area contributed by atoms with Gasteiger partial charge in [0.15, 0.2) is 0 Å². The van der Waals surface area contributed by atoms with E-state index in [1.54, 1.807) is 30.3 Å². The van der Waals surface area contributed by atoms with Crippen LogP contribution < -0.4 is 10.2 Å². The summed E-state index contributed by atoms with van der Waals surface area (Å²) in [6, 6.07) is 13.0. The Morgan fingerprint density at radius 2 is 1.85 bits per heavy atom. The maximum Gasteiger partial charge on any atom is 0.416 e. The molecule has 3 atom stereocenters. The normalized spacial score (nSPS) is 23.5. The third-order valence-corrected chi connectivity index (χ3v) is 6.22. The molecule has 1 amide bonds. The van der Waals surface area contributed by atoms with E-state index in [1.807, 2.05) is 11.0 Å². The number of amides is 1. The van der Waals surface area contributed by atoms with Crippen LogP contribution in [0.1, 0.15) is 21.5 Å². The maximum absolute atomic E-state index is 13.0. The molecular weight excluding hydrogens is 449 g/mol. The predicted molar refractivity (Wildman–Crippen MR) is 118 cm³/mol. The second-order valence-electron chi connectivity index (χ2n) is 8.47. The van der Waals surface area contributed by atoms with Crippen LogP contribution in [0.25, 0.3) is 0 Å². The minimum atomic E-state index is -4.38. The van der Waals surface area contributed by atoms with E-state index in [2.05, 4.69) is 10.2 Å². The van der Waals surface area contributed by atoms with Crippen LogP contribution in [0.3, 0.4) is 0 Å². The second kappa shape index (κ2) is 10.0. The number of aliphatic hydroxyl groups is 1. The smallest absolute Gasteiger partial charge is 0.388 e. The number of carbonyl (C=O) groups excluding carboxylic acids is 1. The van der Waals surface area contributed by atoms with E-state index in [9.17, 15) is 23.1 Å². The van der Waals surface area contributed by atoms with E-state index >= 15 is 0 Å². The fraction of sp³-hybridized carbons (Fsp3) is 0.417. The van der Waals surface area contributed by atoms with Gasteiger partial charge in [0.2, 0.25) is 0 Å². The molecule has 2 aliphatic heterocycles. The highest BCUT2D eigenvalue weighted by atomic mass is 19.4. The number of halogens is 3. The quantitative estimate of drug-likeness (QED) is 0.691. The van der Waals surface area contributed by atoms with Crippen molar-refractivity contribution in [3.8, 4) is 6.07 Å². The largest absolute Gasteiger partial charge is 0.416 e. The molecule has 180 valence electrons. The fourth-order valence-electron chi connectivity index (χ4n) is 4.24. The first-order chi connectivity index (χ1) is 16.2. The first-order valence-electron chi connectivity index (χ1n) is 11.0. The van der Waals surface area contributed by atoms with Crippen molar-refractivity contribution in [2.75, 3.05) is 44.2 Å². The van der Waals surface area contributed by atoms with Crippen molar-refractivity contribution in [2.45, 2.75) is 24.4 Å². The predicted octanol–water partition coefficient (Wildman–Crippen LogP) is 2.26. The number of alkyl halides is 3. The van der Waals surface area contributed by atoms with Crippen molar-refractivity contribution < 1.29 is 27.8 Å². The van der Waals surface area contributed by atoms with Crippen LogP contribution in [0.2, 0.25) is 0 Å². The Morgan fingerprint density at radius 1 is 1.15 bits per heavy atom. The zero-order chi connectivity index (χ0) is 24.3. The molecule has 0 unspecified atom stereocenters. The van der Waals surface area contributed by atoms with E-state index < -0.39 is 30.0 Å². The minimum Gasteiger partial charge on any atom is -0.388 e. The molecule has 0 aliphatic carbocycles. The molecule has 2 fully saturated rings. The molecule has 2 heterocycles. The number of rotatable bonds is 5. The number of benzene rings is 2. The average molecular weight is 474 g/mol. The first kappa shape index (κ1) is 24.0. The highest BCUT2D eigenvalue weighted by molar-refractivity contribution is 5.94. The summed E-state index contributed by atoms with van der Waals surface area (Å²) in [5.41, 5.74) is 0.718. The Morgan fingerprint density at radius 3 is 2.50 bits per heavy atom. The van der Waals surface area contributed by atoms with Gasteiger partial charge < -0.3 is 20.1 Å². The molecule has 4 rings (SSSR count).